The summed E-state index contributed by atoms with van der Waals surface area (Å²) in [6.45, 7) is 2.95. The molecule has 0 saturated carbocycles. The fraction of sp³-hybridized carbons (Fsp3) is 0.316. The average molecular weight is 377 g/mol. The van der Waals surface area contributed by atoms with Crippen LogP contribution in [0, 0.1) is 0 Å². The number of rotatable bonds is 6. The van der Waals surface area contributed by atoms with E-state index in [-0.39, 0.29) is 11.9 Å². The van der Waals surface area contributed by atoms with Crippen LogP contribution >= 0.6 is 22.9 Å². The zero-order valence-electron chi connectivity index (χ0n) is 14.5. The highest BCUT2D eigenvalue weighted by atomic mass is 35.5. The Morgan fingerprint density at radius 1 is 1.24 bits per heavy atom. The van der Waals surface area contributed by atoms with E-state index in [0.29, 0.717) is 13.1 Å². The Balaban J connectivity index is 1.61. The summed E-state index contributed by atoms with van der Waals surface area (Å²) in [7, 11) is 3.75. The molecule has 6 heteroatoms. The van der Waals surface area contributed by atoms with Gasteiger partial charge in [0, 0.05) is 17.3 Å². The lowest BCUT2D eigenvalue weighted by Gasteiger charge is -2.25. The zero-order chi connectivity index (χ0) is 18.0. The van der Waals surface area contributed by atoms with Crippen molar-refractivity contribution in [2.75, 3.05) is 20.6 Å². The number of carbonyl (C=O) groups is 1. The molecule has 0 spiro atoms. The molecule has 0 N–H and O–H groups in total. The molecule has 0 fully saturated rings. The van der Waals surface area contributed by atoms with Crippen LogP contribution in [-0.2, 0) is 11.3 Å². The second-order valence-electron chi connectivity index (χ2n) is 6.23. The van der Waals surface area contributed by atoms with Crippen LogP contribution in [0.2, 0.25) is 4.34 Å². The molecular weight excluding hydrogens is 356 g/mol. The highest BCUT2D eigenvalue weighted by molar-refractivity contribution is 7.16. The molecule has 3 rings (SSSR count). The first-order valence-corrected chi connectivity index (χ1v) is 9.30. The lowest BCUT2D eigenvalue weighted by atomic mass is 10.2. The Labute approximate surface area is 156 Å². The van der Waals surface area contributed by atoms with Crippen molar-refractivity contribution >= 4 is 39.8 Å². The molecule has 0 bridgehead atoms. The van der Waals surface area contributed by atoms with Crippen molar-refractivity contribution in [2.24, 2.45) is 0 Å². The van der Waals surface area contributed by atoms with Gasteiger partial charge >= 0.3 is 0 Å². The first-order valence-electron chi connectivity index (χ1n) is 8.11. The predicted molar refractivity (Wildman–Crippen MR) is 103 cm³/mol. The minimum absolute atomic E-state index is 0.0148. The van der Waals surface area contributed by atoms with Crippen molar-refractivity contribution in [3.8, 4) is 0 Å². The molecule has 0 aliphatic carbocycles. The van der Waals surface area contributed by atoms with Crippen molar-refractivity contribution in [3.63, 3.8) is 0 Å². The number of fused-ring (bicyclic) bond motifs is 1. The highest BCUT2D eigenvalue weighted by Gasteiger charge is 2.20. The zero-order valence-corrected chi connectivity index (χ0v) is 16.1. The summed E-state index contributed by atoms with van der Waals surface area (Å²) in [6.07, 6.45) is 0. The summed E-state index contributed by atoms with van der Waals surface area (Å²) in [5, 5.41) is 1.08. The molecule has 0 unspecified atom stereocenters. The lowest BCUT2D eigenvalue weighted by molar-refractivity contribution is -0.131. The van der Waals surface area contributed by atoms with Gasteiger partial charge in [0.2, 0.25) is 5.91 Å². The van der Waals surface area contributed by atoms with Gasteiger partial charge in [-0.15, -0.1) is 11.3 Å². The van der Waals surface area contributed by atoms with Crippen LogP contribution < -0.4 is 0 Å². The molecule has 4 nitrogen and oxygen atoms in total. The summed E-state index contributed by atoms with van der Waals surface area (Å²) < 4.78 is 6.65. The van der Waals surface area contributed by atoms with E-state index < -0.39 is 0 Å². The number of halogens is 1. The first-order chi connectivity index (χ1) is 11.9. The van der Waals surface area contributed by atoms with Gasteiger partial charge in [0.15, 0.2) is 0 Å². The Morgan fingerprint density at radius 3 is 2.68 bits per heavy atom. The van der Waals surface area contributed by atoms with E-state index in [4.69, 9.17) is 16.0 Å². The van der Waals surface area contributed by atoms with Crippen molar-refractivity contribution in [3.05, 3.63) is 57.4 Å². The van der Waals surface area contributed by atoms with Crippen LogP contribution in [0.25, 0.3) is 11.0 Å². The van der Waals surface area contributed by atoms with Crippen LogP contribution in [0.1, 0.15) is 23.6 Å². The molecule has 1 atom stereocenters. The Morgan fingerprint density at radius 2 is 2.00 bits per heavy atom. The number of amides is 1. The molecule has 0 saturated heterocycles. The SMILES string of the molecule is C[C@@H](c1cc2ccccc2o1)N(C)CC(=O)N(C)Cc1ccc(Cl)s1. The predicted octanol–water partition coefficient (Wildman–Crippen LogP) is 4.80. The summed E-state index contributed by atoms with van der Waals surface area (Å²) >= 11 is 7.45. The van der Waals surface area contributed by atoms with E-state index >= 15 is 0 Å². The van der Waals surface area contributed by atoms with Gasteiger partial charge in [-0.25, -0.2) is 0 Å². The van der Waals surface area contributed by atoms with Crippen molar-refractivity contribution in [2.45, 2.75) is 19.5 Å². The quantitative estimate of drug-likeness (QED) is 0.620. The molecule has 0 aliphatic heterocycles. The number of hydrogen-bond acceptors (Lipinski definition) is 4. The van der Waals surface area contributed by atoms with Gasteiger partial charge in [-0.3, -0.25) is 9.69 Å². The standard InChI is InChI=1S/C19H21ClN2O2S/c1-13(17-10-14-6-4-5-7-16(14)24-17)21(2)12-19(23)22(3)11-15-8-9-18(20)25-15/h4-10,13H,11-12H2,1-3H3/t13-/m0/s1. The van der Waals surface area contributed by atoms with E-state index in [1.165, 1.54) is 11.3 Å². The van der Waals surface area contributed by atoms with Crippen molar-refractivity contribution < 1.29 is 9.21 Å². The van der Waals surface area contributed by atoms with Gasteiger partial charge in [0.05, 0.1) is 23.5 Å². The van der Waals surface area contributed by atoms with Crippen molar-refractivity contribution in [1.29, 1.82) is 0 Å². The van der Waals surface area contributed by atoms with Gasteiger partial charge < -0.3 is 9.32 Å². The monoisotopic (exact) mass is 376 g/mol. The van der Waals surface area contributed by atoms with Gasteiger partial charge in [0.1, 0.15) is 11.3 Å². The number of likely N-dealkylation sites (N-methyl/N-ethyl adjacent to an activating group) is 2. The molecule has 132 valence electrons. The normalized spacial score (nSPS) is 12.7. The molecule has 1 amide bonds. The third-order valence-corrected chi connectivity index (χ3v) is 5.57. The van der Waals surface area contributed by atoms with E-state index in [2.05, 4.69) is 0 Å². The number of nitrogens with zero attached hydrogens (tertiary/aromatic N) is 2. The molecule has 2 aromatic heterocycles. The smallest absolute Gasteiger partial charge is 0.236 e. The highest BCUT2D eigenvalue weighted by Crippen LogP contribution is 2.27. The Hall–Kier alpha value is -1.82. The number of benzene rings is 1. The Kier molecular flexibility index (Phi) is 5.47. The van der Waals surface area contributed by atoms with E-state index in [9.17, 15) is 4.79 Å². The second-order valence-corrected chi connectivity index (χ2v) is 8.03. The molecule has 2 heterocycles. The topological polar surface area (TPSA) is 36.7 Å². The van der Waals surface area contributed by atoms with Gasteiger partial charge in [-0.1, -0.05) is 29.8 Å². The van der Waals surface area contributed by atoms with E-state index in [1.54, 1.807) is 4.90 Å². The number of para-hydroxylation sites is 1. The molecule has 1 aromatic carbocycles. The van der Waals surface area contributed by atoms with Crippen LogP contribution in [0.3, 0.4) is 0 Å². The van der Waals surface area contributed by atoms with Crippen LogP contribution in [0.4, 0.5) is 0 Å². The number of carbonyl (C=O) groups excluding carboxylic acids is 1. The van der Waals surface area contributed by atoms with Gasteiger partial charge in [-0.05, 0) is 38.2 Å². The van der Waals surface area contributed by atoms with E-state index in [1.807, 2.05) is 68.4 Å². The van der Waals surface area contributed by atoms with Crippen LogP contribution in [0.15, 0.2) is 46.9 Å². The fourth-order valence-corrected chi connectivity index (χ4v) is 3.80. The minimum Gasteiger partial charge on any atom is -0.459 e. The molecule has 25 heavy (non-hydrogen) atoms. The summed E-state index contributed by atoms with van der Waals surface area (Å²) in [4.78, 5) is 17.3. The molecular formula is C19H21ClN2O2S. The third-order valence-electron chi connectivity index (χ3n) is 4.35. The minimum atomic E-state index is 0.0148. The average Bonchev–Trinajstić information content (AvgIpc) is 3.19. The number of thiophene rings is 1. The second kappa shape index (κ2) is 7.60. The summed E-state index contributed by atoms with van der Waals surface area (Å²) in [6, 6.07) is 13.8. The van der Waals surface area contributed by atoms with Gasteiger partial charge in [-0.2, -0.15) is 0 Å². The summed E-state index contributed by atoms with van der Waals surface area (Å²) in [5.41, 5.74) is 0.871. The lowest BCUT2D eigenvalue weighted by Crippen LogP contribution is -2.37. The molecule has 0 aliphatic rings. The number of hydrogen-bond donors (Lipinski definition) is 0. The fourth-order valence-electron chi connectivity index (χ4n) is 2.66. The van der Waals surface area contributed by atoms with E-state index in [0.717, 1.165) is 25.9 Å². The largest absolute Gasteiger partial charge is 0.459 e. The third kappa shape index (κ3) is 4.24. The number of furan rings is 1. The maximum Gasteiger partial charge on any atom is 0.236 e. The van der Waals surface area contributed by atoms with Crippen molar-refractivity contribution in [1.82, 2.24) is 9.80 Å². The molecule has 0 radical (unpaired) electrons. The van der Waals surface area contributed by atoms with Crippen LogP contribution in [0.5, 0.6) is 0 Å². The molecule has 3 aromatic rings. The van der Waals surface area contributed by atoms with Gasteiger partial charge in [0.25, 0.3) is 0 Å². The summed E-state index contributed by atoms with van der Waals surface area (Å²) in [5.74, 6) is 0.930. The first kappa shape index (κ1) is 18.0. The van der Waals surface area contributed by atoms with Crippen LogP contribution in [-0.4, -0.2) is 36.3 Å². The maximum absolute atomic E-state index is 12.5. The maximum atomic E-state index is 12.5. The Bertz CT molecular complexity index is 840.